The zero-order valence-corrected chi connectivity index (χ0v) is 18.3. The molecule has 0 unspecified atom stereocenters. The monoisotopic (exact) mass is 455 g/mol. The van der Waals surface area contributed by atoms with Gasteiger partial charge in [0.25, 0.3) is 5.91 Å². The SMILES string of the molecule is COc1cccc(NC(=O)CSc2nc3ccc(NC(=O)c4cccs4)cc3s2)c1. The number of amides is 2. The molecule has 0 spiro atoms. The molecule has 6 nitrogen and oxygen atoms in total. The normalized spacial score (nSPS) is 10.7. The van der Waals surface area contributed by atoms with Crippen molar-refractivity contribution < 1.29 is 14.3 Å². The molecule has 4 rings (SSSR count). The van der Waals surface area contributed by atoms with Gasteiger partial charge in [-0.2, -0.15) is 0 Å². The van der Waals surface area contributed by atoms with E-state index in [9.17, 15) is 9.59 Å². The minimum absolute atomic E-state index is 0.114. The van der Waals surface area contributed by atoms with Crippen molar-refractivity contribution in [1.29, 1.82) is 0 Å². The van der Waals surface area contributed by atoms with E-state index in [-0.39, 0.29) is 17.6 Å². The Morgan fingerprint density at radius 3 is 2.73 bits per heavy atom. The molecule has 0 aliphatic rings. The Hall–Kier alpha value is -2.88. The fraction of sp³-hybridized carbons (Fsp3) is 0.0952. The van der Waals surface area contributed by atoms with Gasteiger partial charge in [0.1, 0.15) is 5.75 Å². The van der Waals surface area contributed by atoms with Gasteiger partial charge in [0.2, 0.25) is 5.91 Å². The van der Waals surface area contributed by atoms with Crippen molar-refractivity contribution in [3.8, 4) is 5.75 Å². The van der Waals surface area contributed by atoms with Crippen molar-refractivity contribution in [3.63, 3.8) is 0 Å². The summed E-state index contributed by atoms with van der Waals surface area (Å²) in [6.45, 7) is 0. The largest absolute Gasteiger partial charge is 0.497 e. The molecule has 2 amide bonds. The van der Waals surface area contributed by atoms with Crippen LogP contribution in [0.15, 0.2) is 64.3 Å². The second-order valence-corrected chi connectivity index (χ2v) is 9.36. The van der Waals surface area contributed by atoms with E-state index in [2.05, 4.69) is 15.6 Å². The Balaban J connectivity index is 1.37. The number of ether oxygens (including phenoxy) is 1. The molecule has 2 aromatic carbocycles. The molecule has 0 aliphatic heterocycles. The van der Waals surface area contributed by atoms with Crippen molar-refractivity contribution in [2.24, 2.45) is 0 Å². The number of anilines is 2. The molecule has 2 heterocycles. The minimum atomic E-state index is -0.127. The number of carbonyl (C=O) groups excluding carboxylic acids is 2. The number of aromatic nitrogens is 1. The number of fused-ring (bicyclic) bond motifs is 1. The Labute approximate surface area is 185 Å². The summed E-state index contributed by atoms with van der Waals surface area (Å²) in [7, 11) is 1.59. The summed E-state index contributed by atoms with van der Waals surface area (Å²) in [6, 6.07) is 16.5. The summed E-state index contributed by atoms with van der Waals surface area (Å²) >= 11 is 4.27. The van der Waals surface area contributed by atoms with E-state index in [0.29, 0.717) is 16.3 Å². The molecule has 4 aromatic rings. The van der Waals surface area contributed by atoms with Crippen LogP contribution in [0, 0.1) is 0 Å². The Kier molecular flexibility index (Phi) is 6.32. The first-order valence-electron chi connectivity index (χ1n) is 8.93. The smallest absolute Gasteiger partial charge is 0.265 e. The highest BCUT2D eigenvalue weighted by Crippen LogP contribution is 2.31. The summed E-state index contributed by atoms with van der Waals surface area (Å²) in [4.78, 5) is 29.7. The van der Waals surface area contributed by atoms with Crippen LogP contribution in [0.5, 0.6) is 5.75 Å². The second kappa shape index (κ2) is 9.29. The zero-order chi connectivity index (χ0) is 20.9. The van der Waals surface area contributed by atoms with Gasteiger partial charge in [-0.25, -0.2) is 4.98 Å². The average Bonchev–Trinajstić information content (AvgIpc) is 3.42. The number of nitrogens with zero attached hydrogens (tertiary/aromatic N) is 1. The number of benzene rings is 2. The number of thiophene rings is 1. The molecule has 30 heavy (non-hydrogen) atoms. The van der Waals surface area contributed by atoms with Crippen molar-refractivity contribution in [3.05, 3.63) is 64.9 Å². The van der Waals surface area contributed by atoms with Crippen LogP contribution in [0.2, 0.25) is 0 Å². The summed E-state index contributed by atoms with van der Waals surface area (Å²) in [5.74, 6) is 0.696. The molecule has 2 aromatic heterocycles. The van der Waals surface area contributed by atoms with Crippen LogP contribution >= 0.6 is 34.4 Å². The molecular weight excluding hydrogens is 438 g/mol. The van der Waals surface area contributed by atoms with Crippen molar-refractivity contribution in [1.82, 2.24) is 4.98 Å². The maximum Gasteiger partial charge on any atom is 0.265 e. The Morgan fingerprint density at radius 1 is 1.07 bits per heavy atom. The third kappa shape index (κ3) is 4.99. The molecule has 152 valence electrons. The first kappa shape index (κ1) is 20.4. The number of rotatable bonds is 7. The lowest BCUT2D eigenvalue weighted by Crippen LogP contribution is -2.13. The third-order valence-electron chi connectivity index (χ3n) is 4.05. The number of methoxy groups -OCH3 is 1. The van der Waals surface area contributed by atoms with Crippen molar-refractivity contribution >= 4 is 67.8 Å². The molecule has 0 saturated heterocycles. The summed E-state index contributed by atoms with van der Waals surface area (Å²) in [6.07, 6.45) is 0. The highest BCUT2D eigenvalue weighted by Gasteiger charge is 2.11. The van der Waals surface area contributed by atoms with Gasteiger partial charge in [-0.15, -0.1) is 22.7 Å². The molecule has 0 bridgehead atoms. The number of nitrogens with one attached hydrogen (secondary N) is 2. The summed E-state index contributed by atoms with van der Waals surface area (Å²) in [5, 5.41) is 7.63. The highest BCUT2D eigenvalue weighted by atomic mass is 32.2. The van der Waals surface area contributed by atoms with Gasteiger partial charge >= 0.3 is 0 Å². The highest BCUT2D eigenvalue weighted by molar-refractivity contribution is 8.01. The van der Waals surface area contributed by atoms with Gasteiger partial charge in [-0.05, 0) is 41.8 Å². The van der Waals surface area contributed by atoms with E-state index >= 15 is 0 Å². The molecule has 0 fully saturated rings. The van der Waals surface area contributed by atoms with Gasteiger partial charge in [-0.3, -0.25) is 9.59 Å². The van der Waals surface area contributed by atoms with E-state index < -0.39 is 0 Å². The van der Waals surface area contributed by atoms with Gasteiger partial charge in [0, 0.05) is 17.4 Å². The number of thiazole rings is 1. The predicted molar refractivity (Wildman–Crippen MR) is 124 cm³/mol. The van der Waals surface area contributed by atoms with E-state index in [4.69, 9.17) is 4.74 Å². The van der Waals surface area contributed by atoms with Crippen LogP contribution in [0.4, 0.5) is 11.4 Å². The number of hydrogen-bond acceptors (Lipinski definition) is 7. The lowest BCUT2D eigenvalue weighted by Gasteiger charge is -2.06. The number of hydrogen-bond donors (Lipinski definition) is 2. The molecule has 0 atom stereocenters. The van der Waals surface area contributed by atoms with Gasteiger partial charge in [-0.1, -0.05) is 23.9 Å². The van der Waals surface area contributed by atoms with E-state index in [0.717, 1.165) is 20.2 Å². The number of thioether (sulfide) groups is 1. The van der Waals surface area contributed by atoms with Crippen LogP contribution in [0.1, 0.15) is 9.67 Å². The number of carbonyl (C=O) groups is 2. The molecule has 0 aliphatic carbocycles. The molecule has 2 N–H and O–H groups in total. The van der Waals surface area contributed by atoms with Gasteiger partial charge < -0.3 is 15.4 Å². The first-order valence-corrected chi connectivity index (χ1v) is 11.6. The van der Waals surface area contributed by atoms with E-state index in [1.54, 1.807) is 19.2 Å². The predicted octanol–water partition coefficient (Wildman–Crippen LogP) is 5.35. The van der Waals surface area contributed by atoms with E-state index in [1.165, 1.54) is 34.4 Å². The standard InChI is InChI=1S/C21H17N3O3S3/c1-27-15-5-2-4-13(10-15)22-19(25)12-29-21-24-16-8-7-14(11-18(16)30-21)23-20(26)17-6-3-9-28-17/h2-11H,12H2,1H3,(H,22,25)(H,23,26). The van der Waals surface area contributed by atoms with Crippen LogP contribution in [0.3, 0.4) is 0 Å². The third-order valence-corrected chi connectivity index (χ3v) is 7.08. The van der Waals surface area contributed by atoms with Gasteiger partial charge in [0.05, 0.1) is 28.0 Å². The quantitative estimate of drug-likeness (QED) is 0.367. The lowest BCUT2D eigenvalue weighted by molar-refractivity contribution is -0.113. The van der Waals surface area contributed by atoms with Gasteiger partial charge in [0.15, 0.2) is 4.34 Å². The maximum atomic E-state index is 12.2. The van der Waals surface area contributed by atoms with E-state index in [1.807, 2.05) is 47.8 Å². The van der Waals surface area contributed by atoms with Crippen LogP contribution in [-0.4, -0.2) is 29.7 Å². The zero-order valence-electron chi connectivity index (χ0n) is 15.9. The lowest BCUT2D eigenvalue weighted by atomic mass is 10.3. The topological polar surface area (TPSA) is 80.3 Å². The fourth-order valence-electron chi connectivity index (χ4n) is 2.67. The second-order valence-electron chi connectivity index (χ2n) is 6.16. The van der Waals surface area contributed by atoms with Crippen LogP contribution < -0.4 is 15.4 Å². The average molecular weight is 456 g/mol. The van der Waals surface area contributed by atoms with Crippen LogP contribution in [-0.2, 0) is 4.79 Å². The molecule has 0 saturated carbocycles. The van der Waals surface area contributed by atoms with Crippen molar-refractivity contribution in [2.75, 3.05) is 23.5 Å². The molecule has 0 radical (unpaired) electrons. The van der Waals surface area contributed by atoms with Crippen molar-refractivity contribution in [2.45, 2.75) is 4.34 Å². The first-order chi connectivity index (χ1) is 14.6. The Morgan fingerprint density at radius 2 is 1.93 bits per heavy atom. The minimum Gasteiger partial charge on any atom is -0.497 e. The molecular formula is C21H17N3O3S3. The fourth-order valence-corrected chi connectivity index (χ4v) is 5.20. The van der Waals surface area contributed by atoms with Crippen LogP contribution in [0.25, 0.3) is 10.2 Å². The molecule has 9 heteroatoms. The summed E-state index contributed by atoms with van der Waals surface area (Å²) in [5.41, 5.74) is 2.25. The summed E-state index contributed by atoms with van der Waals surface area (Å²) < 4.78 is 6.92. The Bertz CT molecular complexity index is 1190. The maximum absolute atomic E-state index is 12.2.